The van der Waals surface area contributed by atoms with Gasteiger partial charge in [-0.2, -0.15) is 5.10 Å². The maximum Gasteiger partial charge on any atom is 0.267 e. The molecule has 0 spiro atoms. The zero-order valence-electron chi connectivity index (χ0n) is 15.0. The minimum Gasteiger partial charge on any atom is -0.389 e. The first-order valence-electron chi connectivity index (χ1n) is 9.59. The third-order valence-electron chi connectivity index (χ3n) is 5.85. The minimum absolute atomic E-state index is 0.0389. The van der Waals surface area contributed by atoms with Crippen molar-refractivity contribution in [1.29, 1.82) is 0 Å². The number of nitrogens with zero attached hydrogens (tertiary/aromatic N) is 3. The Bertz CT molecular complexity index is 793. The van der Waals surface area contributed by atoms with Crippen LogP contribution in [0, 0.1) is 0 Å². The van der Waals surface area contributed by atoms with Gasteiger partial charge in [0.05, 0.1) is 17.3 Å². The van der Waals surface area contributed by atoms with Crippen LogP contribution < -0.4 is 10.9 Å². The quantitative estimate of drug-likeness (QED) is 0.861. The average Bonchev–Trinajstić information content (AvgIpc) is 2.66. The fraction of sp³-hybridized carbons (Fsp3) is 0.550. The van der Waals surface area contributed by atoms with Gasteiger partial charge in [0.15, 0.2) is 0 Å². The van der Waals surface area contributed by atoms with E-state index in [9.17, 15) is 9.90 Å². The summed E-state index contributed by atoms with van der Waals surface area (Å²) in [6.07, 6.45) is 10.3. The summed E-state index contributed by atoms with van der Waals surface area (Å²) in [6, 6.07) is 7.77. The number of nitrogens with one attached hydrogen (secondary N) is 1. The summed E-state index contributed by atoms with van der Waals surface area (Å²) in [5.74, 6) is 0. The predicted molar refractivity (Wildman–Crippen MR) is 99.8 cm³/mol. The van der Waals surface area contributed by atoms with Gasteiger partial charge in [0.1, 0.15) is 0 Å². The maximum absolute atomic E-state index is 12.3. The van der Waals surface area contributed by atoms with Gasteiger partial charge in [-0.25, -0.2) is 4.68 Å². The Morgan fingerprint density at radius 1 is 1.12 bits per heavy atom. The van der Waals surface area contributed by atoms with Crippen LogP contribution >= 0.6 is 0 Å². The zero-order valence-corrected chi connectivity index (χ0v) is 15.0. The summed E-state index contributed by atoms with van der Waals surface area (Å²) in [5, 5.41) is 18.4. The Morgan fingerprint density at radius 2 is 1.85 bits per heavy atom. The molecule has 0 bridgehead atoms. The third kappa shape index (κ3) is 3.71. The molecule has 2 aliphatic carbocycles. The first-order chi connectivity index (χ1) is 12.6. The van der Waals surface area contributed by atoms with E-state index in [1.165, 1.54) is 0 Å². The molecule has 6 heteroatoms. The molecule has 2 N–H and O–H groups in total. The Hall–Kier alpha value is -2.05. The fourth-order valence-electron chi connectivity index (χ4n) is 3.98. The number of aromatic nitrogens is 3. The van der Waals surface area contributed by atoms with Gasteiger partial charge in [0, 0.05) is 36.6 Å². The lowest BCUT2D eigenvalue weighted by Gasteiger charge is -2.39. The smallest absolute Gasteiger partial charge is 0.267 e. The lowest BCUT2D eigenvalue weighted by molar-refractivity contribution is -0.0342. The molecule has 2 aromatic rings. The van der Waals surface area contributed by atoms with Crippen molar-refractivity contribution in [2.45, 2.75) is 62.6 Å². The highest BCUT2D eigenvalue weighted by Crippen LogP contribution is 2.32. The molecular formula is C20H26N4O2. The first kappa shape index (κ1) is 17.4. The summed E-state index contributed by atoms with van der Waals surface area (Å²) in [4.78, 5) is 16.4. The molecule has 0 saturated heterocycles. The molecule has 6 nitrogen and oxygen atoms in total. The van der Waals surface area contributed by atoms with E-state index in [1.807, 2.05) is 12.1 Å². The molecule has 4 rings (SSSR count). The molecule has 2 aromatic heterocycles. The third-order valence-corrected chi connectivity index (χ3v) is 5.85. The van der Waals surface area contributed by atoms with Crippen LogP contribution in [-0.2, 0) is 0 Å². The number of aliphatic hydroxyl groups is 1. The van der Waals surface area contributed by atoms with Crippen LogP contribution in [0.5, 0.6) is 0 Å². The number of pyridine rings is 1. The van der Waals surface area contributed by atoms with Crippen molar-refractivity contribution in [3.05, 3.63) is 47.0 Å². The van der Waals surface area contributed by atoms with Crippen LogP contribution in [0.15, 0.2) is 41.5 Å². The summed E-state index contributed by atoms with van der Waals surface area (Å²) in [6.45, 7) is 0.693. The largest absolute Gasteiger partial charge is 0.389 e. The second-order valence-corrected chi connectivity index (χ2v) is 7.70. The maximum atomic E-state index is 12.3. The Balaban J connectivity index is 1.40. The first-order valence-corrected chi connectivity index (χ1v) is 9.59. The molecule has 2 fully saturated rings. The zero-order chi connectivity index (χ0) is 18.0. The average molecular weight is 354 g/mol. The van der Waals surface area contributed by atoms with Crippen LogP contribution in [-0.4, -0.2) is 38.1 Å². The summed E-state index contributed by atoms with van der Waals surface area (Å²) in [5.41, 5.74) is 1.26. The van der Waals surface area contributed by atoms with Gasteiger partial charge >= 0.3 is 0 Å². The SMILES string of the molecule is O=c1ccc(-c2ccncc2)nn1C1CCC(NCC2(O)CCC2)CC1. The van der Waals surface area contributed by atoms with E-state index in [2.05, 4.69) is 15.4 Å². The van der Waals surface area contributed by atoms with Gasteiger partial charge in [-0.1, -0.05) is 0 Å². The van der Waals surface area contributed by atoms with Crippen LogP contribution in [0.2, 0.25) is 0 Å². The molecular weight excluding hydrogens is 328 g/mol. The van der Waals surface area contributed by atoms with Gasteiger partial charge in [-0.15, -0.1) is 0 Å². The summed E-state index contributed by atoms with van der Waals surface area (Å²) < 4.78 is 1.66. The van der Waals surface area contributed by atoms with Gasteiger partial charge in [-0.05, 0) is 63.1 Å². The van der Waals surface area contributed by atoms with Crippen molar-refractivity contribution >= 4 is 0 Å². The minimum atomic E-state index is -0.478. The van der Waals surface area contributed by atoms with Crippen molar-refractivity contribution in [2.24, 2.45) is 0 Å². The number of hydrogen-bond acceptors (Lipinski definition) is 5. The molecule has 0 aromatic carbocycles. The highest BCUT2D eigenvalue weighted by Gasteiger charge is 2.35. The van der Waals surface area contributed by atoms with E-state index < -0.39 is 5.60 Å². The Labute approximate surface area is 153 Å². The van der Waals surface area contributed by atoms with Gasteiger partial charge < -0.3 is 10.4 Å². The topological polar surface area (TPSA) is 80.0 Å². The van der Waals surface area contributed by atoms with E-state index in [-0.39, 0.29) is 11.6 Å². The summed E-state index contributed by atoms with van der Waals surface area (Å²) in [7, 11) is 0. The molecule has 0 unspecified atom stereocenters. The molecule has 0 aliphatic heterocycles. The molecule has 2 saturated carbocycles. The fourth-order valence-corrected chi connectivity index (χ4v) is 3.98. The van der Waals surface area contributed by atoms with Crippen LogP contribution in [0.1, 0.15) is 51.0 Å². The van der Waals surface area contributed by atoms with E-state index >= 15 is 0 Å². The van der Waals surface area contributed by atoms with E-state index in [1.54, 1.807) is 29.2 Å². The molecule has 0 radical (unpaired) electrons. The lowest BCUT2D eigenvalue weighted by Crippen LogP contribution is -2.49. The molecule has 2 aliphatic rings. The Morgan fingerprint density at radius 3 is 2.50 bits per heavy atom. The molecule has 26 heavy (non-hydrogen) atoms. The van der Waals surface area contributed by atoms with Gasteiger partial charge in [0.25, 0.3) is 5.56 Å². The van der Waals surface area contributed by atoms with Crippen molar-refractivity contribution in [1.82, 2.24) is 20.1 Å². The molecule has 138 valence electrons. The predicted octanol–water partition coefficient (Wildman–Crippen LogP) is 2.29. The van der Waals surface area contributed by atoms with Crippen molar-refractivity contribution in [3.63, 3.8) is 0 Å². The van der Waals surface area contributed by atoms with Crippen molar-refractivity contribution in [2.75, 3.05) is 6.54 Å². The highest BCUT2D eigenvalue weighted by atomic mass is 16.3. The van der Waals surface area contributed by atoms with Gasteiger partial charge in [-0.3, -0.25) is 9.78 Å². The monoisotopic (exact) mass is 354 g/mol. The molecule has 0 atom stereocenters. The second kappa shape index (κ2) is 7.29. The van der Waals surface area contributed by atoms with E-state index in [0.717, 1.165) is 56.2 Å². The number of hydrogen-bond donors (Lipinski definition) is 2. The van der Waals surface area contributed by atoms with E-state index in [4.69, 9.17) is 0 Å². The standard InChI is InChI=1S/C20H26N4O2/c25-19-7-6-18(15-8-12-21-13-9-15)23-24(19)17-4-2-16(3-5-17)22-14-20(26)10-1-11-20/h6-9,12-13,16-17,22,26H,1-5,10-11,14H2. The van der Waals surface area contributed by atoms with Gasteiger partial charge in [0.2, 0.25) is 0 Å². The summed E-state index contributed by atoms with van der Waals surface area (Å²) >= 11 is 0. The van der Waals surface area contributed by atoms with Crippen molar-refractivity contribution in [3.8, 4) is 11.3 Å². The van der Waals surface area contributed by atoms with Crippen LogP contribution in [0.4, 0.5) is 0 Å². The Kier molecular flexibility index (Phi) is 4.87. The van der Waals surface area contributed by atoms with E-state index in [0.29, 0.717) is 12.6 Å². The molecule has 0 amide bonds. The normalized spacial score (nSPS) is 24.8. The molecule has 2 heterocycles. The van der Waals surface area contributed by atoms with Crippen molar-refractivity contribution < 1.29 is 5.11 Å². The lowest BCUT2D eigenvalue weighted by atomic mass is 9.80. The van der Waals surface area contributed by atoms with Crippen LogP contribution in [0.3, 0.4) is 0 Å². The van der Waals surface area contributed by atoms with Crippen LogP contribution in [0.25, 0.3) is 11.3 Å². The number of rotatable bonds is 5. The second-order valence-electron chi connectivity index (χ2n) is 7.70. The highest BCUT2D eigenvalue weighted by molar-refractivity contribution is 5.57.